The fourth-order valence-electron chi connectivity index (χ4n) is 0.819. The van der Waals surface area contributed by atoms with E-state index in [-0.39, 0.29) is 0 Å². The zero-order valence-electron chi connectivity index (χ0n) is 5.46. The highest BCUT2D eigenvalue weighted by Gasteiger charge is 2.04. The summed E-state index contributed by atoms with van der Waals surface area (Å²) in [6.07, 6.45) is 8.73. The second-order valence-electron chi connectivity index (χ2n) is 2.07. The average Bonchev–Trinajstić information content (AvgIpc) is 1.94. The summed E-state index contributed by atoms with van der Waals surface area (Å²) in [5, 5.41) is 0. The van der Waals surface area contributed by atoms with Gasteiger partial charge >= 0.3 is 0 Å². The fourth-order valence-corrected chi connectivity index (χ4v) is 1.06. The molecule has 0 aromatic rings. The van der Waals surface area contributed by atoms with Crippen molar-refractivity contribution in [1.82, 2.24) is 0 Å². The lowest BCUT2D eigenvalue weighted by molar-refractivity contribution is 0.555. The molecule has 10 heavy (non-hydrogen) atoms. The molecule has 0 spiro atoms. The van der Waals surface area contributed by atoms with Crippen LogP contribution in [0.5, 0.6) is 0 Å². The predicted octanol–water partition coefficient (Wildman–Crippen LogP) is 1.74. The lowest BCUT2D eigenvalue weighted by atomic mass is 10.0. The lowest BCUT2D eigenvalue weighted by Gasteiger charge is -2.05. The van der Waals surface area contributed by atoms with E-state index in [4.69, 9.17) is 12.2 Å². The number of allylic oxidation sites excluding steroid dienone is 4. The molecule has 1 radical (unpaired) electrons. The average molecular weight is 151 g/mol. The van der Waals surface area contributed by atoms with Gasteiger partial charge < -0.3 is 0 Å². The van der Waals surface area contributed by atoms with Gasteiger partial charge in [0, 0.05) is 17.7 Å². The van der Waals surface area contributed by atoms with Gasteiger partial charge in [-0.05, 0) is 5.57 Å². The Morgan fingerprint density at radius 3 is 3.10 bits per heavy atom. The van der Waals surface area contributed by atoms with Gasteiger partial charge in [0.1, 0.15) is 0 Å². The van der Waals surface area contributed by atoms with Crippen molar-refractivity contribution >= 4 is 23.4 Å². The van der Waals surface area contributed by atoms with Crippen LogP contribution in [0.2, 0.25) is 0 Å². The SMILES string of the molecule is O=[C]CC1=CC=CCC1=S. The Labute approximate surface area is 65.4 Å². The minimum absolute atomic E-state index is 0.336. The molecule has 1 rings (SSSR count). The summed E-state index contributed by atoms with van der Waals surface area (Å²) >= 11 is 4.99. The van der Waals surface area contributed by atoms with Gasteiger partial charge in [-0.1, -0.05) is 30.4 Å². The minimum atomic E-state index is 0.336. The van der Waals surface area contributed by atoms with E-state index in [1.54, 1.807) is 0 Å². The van der Waals surface area contributed by atoms with Crippen molar-refractivity contribution in [3.8, 4) is 0 Å². The Morgan fingerprint density at radius 1 is 1.70 bits per heavy atom. The molecular formula is C8H7OS. The van der Waals surface area contributed by atoms with Crippen molar-refractivity contribution in [2.45, 2.75) is 12.8 Å². The zero-order chi connectivity index (χ0) is 7.40. The molecule has 0 saturated carbocycles. The van der Waals surface area contributed by atoms with Gasteiger partial charge in [0.25, 0.3) is 0 Å². The maximum Gasteiger partial charge on any atom is 0.203 e. The van der Waals surface area contributed by atoms with Crippen molar-refractivity contribution in [3.63, 3.8) is 0 Å². The minimum Gasteiger partial charge on any atom is -0.291 e. The Bertz CT molecular complexity index is 213. The maximum absolute atomic E-state index is 9.97. The third-order valence-corrected chi connectivity index (χ3v) is 1.79. The Balaban J connectivity index is 2.70. The van der Waals surface area contributed by atoms with Crippen molar-refractivity contribution in [1.29, 1.82) is 0 Å². The molecule has 0 bridgehead atoms. The molecule has 0 N–H and O–H groups in total. The molecule has 0 aromatic carbocycles. The highest BCUT2D eigenvalue weighted by Crippen LogP contribution is 2.11. The topological polar surface area (TPSA) is 17.1 Å². The molecular weight excluding hydrogens is 144 g/mol. The van der Waals surface area contributed by atoms with E-state index in [9.17, 15) is 4.79 Å². The molecule has 0 aliphatic heterocycles. The second-order valence-corrected chi connectivity index (χ2v) is 2.56. The van der Waals surface area contributed by atoms with E-state index in [0.717, 1.165) is 16.9 Å². The summed E-state index contributed by atoms with van der Waals surface area (Å²) in [5.41, 5.74) is 0.938. The molecule has 0 amide bonds. The van der Waals surface area contributed by atoms with E-state index in [2.05, 4.69) is 0 Å². The Hall–Kier alpha value is -0.760. The number of hydrogen-bond acceptors (Lipinski definition) is 2. The van der Waals surface area contributed by atoms with E-state index in [1.807, 2.05) is 24.5 Å². The first-order valence-electron chi connectivity index (χ1n) is 3.08. The first-order chi connectivity index (χ1) is 4.84. The normalized spacial score (nSPS) is 16.8. The Kier molecular flexibility index (Phi) is 2.51. The fraction of sp³-hybridized carbons (Fsp3) is 0.250. The number of thiocarbonyl (C=S) groups is 1. The molecule has 0 atom stereocenters. The highest BCUT2D eigenvalue weighted by atomic mass is 32.1. The van der Waals surface area contributed by atoms with E-state index in [1.165, 1.54) is 0 Å². The molecule has 0 heterocycles. The molecule has 1 aliphatic rings. The smallest absolute Gasteiger partial charge is 0.203 e. The van der Waals surface area contributed by atoms with Gasteiger partial charge in [0.2, 0.25) is 6.29 Å². The van der Waals surface area contributed by atoms with E-state index in [0.29, 0.717) is 6.42 Å². The first-order valence-corrected chi connectivity index (χ1v) is 3.49. The number of rotatable bonds is 2. The zero-order valence-corrected chi connectivity index (χ0v) is 6.28. The lowest BCUT2D eigenvalue weighted by Crippen LogP contribution is -2.01. The third-order valence-electron chi connectivity index (χ3n) is 1.36. The van der Waals surface area contributed by atoms with Crippen LogP contribution in [0.4, 0.5) is 0 Å². The second kappa shape index (κ2) is 3.42. The van der Waals surface area contributed by atoms with Crippen LogP contribution in [0, 0.1) is 0 Å². The monoisotopic (exact) mass is 151 g/mol. The van der Waals surface area contributed by atoms with Crippen LogP contribution >= 0.6 is 12.2 Å². The quantitative estimate of drug-likeness (QED) is 0.559. The van der Waals surface area contributed by atoms with Crippen LogP contribution in [0.3, 0.4) is 0 Å². The van der Waals surface area contributed by atoms with Crippen LogP contribution < -0.4 is 0 Å². The van der Waals surface area contributed by atoms with Crippen molar-refractivity contribution < 1.29 is 4.79 Å². The summed E-state index contributed by atoms with van der Waals surface area (Å²) in [4.78, 5) is 10.8. The van der Waals surface area contributed by atoms with Gasteiger partial charge in [-0.15, -0.1) is 0 Å². The molecule has 0 unspecified atom stereocenters. The molecule has 51 valence electrons. The van der Waals surface area contributed by atoms with Gasteiger partial charge in [-0.3, -0.25) is 4.79 Å². The molecule has 0 saturated heterocycles. The summed E-state index contributed by atoms with van der Waals surface area (Å²) in [5.74, 6) is 0. The maximum atomic E-state index is 9.97. The van der Waals surface area contributed by atoms with Crippen LogP contribution in [0.1, 0.15) is 12.8 Å². The van der Waals surface area contributed by atoms with Gasteiger partial charge in [-0.25, -0.2) is 0 Å². The van der Waals surface area contributed by atoms with Crippen LogP contribution in [-0.2, 0) is 4.79 Å². The van der Waals surface area contributed by atoms with Crippen LogP contribution in [-0.4, -0.2) is 11.2 Å². The summed E-state index contributed by atoms with van der Waals surface area (Å²) in [7, 11) is 0. The Morgan fingerprint density at radius 2 is 2.50 bits per heavy atom. The van der Waals surface area contributed by atoms with Crippen molar-refractivity contribution in [2.24, 2.45) is 0 Å². The summed E-state index contributed by atoms with van der Waals surface area (Å²) in [6, 6.07) is 0. The van der Waals surface area contributed by atoms with Crippen molar-refractivity contribution in [2.75, 3.05) is 0 Å². The highest BCUT2D eigenvalue weighted by molar-refractivity contribution is 7.80. The largest absolute Gasteiger partial charge is 0.291 e. The third kappa shape index (κ3) is 1.61. The predicted molar refractivity (Wildman–Crippen MR) is 44.7 cm³/mol. The molecule has 2 heteroatoms. The number of carbonyl (C=O) groups excluding carboxylic acids is 1. The van der Waals surface area contributed by atoms with Gasteiger partial charge in [-0.2, -0.15) is 0 Å². The molecule has 0 aromatic heterocycles. The molecule has 1 nitrogen and oxygen atoms in total. The standard InChI is InChI=1S/C8H7OS/c9-6-5-7-3-1-2-4-8(7)10/h1-3H,4-5H2. The van der Waals surface area contributed by atoms with Gasteiger partial charge in [0.05, 0.1) is 0 Å². The summed E-state index contributed by atoms with van der Waals surface area (Å²) < 4.78 is 0. The van der Waals surface area contributed by atoms with Gasteiger partial charge in [0.15, 0.2) is 0 Å². The van der Waals surface area contributed by atoms with E-state index >= 15 is 0 Å². The van der Waals surface area contributed by atoms with Crippen molar-refractivity contribution in [3.05, 3.63) is 23.8 Å². The first kappa shape index (κ1) is 7.35. The number of hydrogen-bond donors (Lipinski definition) is 0. The van der Waals surface area contributed by atoms with E-state index < -0.39 is 0 Å². The summed E-state index contributed by atoms with van der Waals surface area (Å²) in [6.45, 7) is 0. The molecule has 1 aliphatic carbocycles. The molecule has 0 fully saturated rings. The van der Waals surface area contributed by atoms with Crippen LogP contribution in [0.15, 0.2) is 23.8 Å². The van der Waals surface area contributed by atoms with Crippen LogP contribution in [0.25, 0.3) is 0 Å².